The predicted molar refractivity (Wildman–Crippen MR) is 104 cm³/mol. The molecule has 0 aliphatic carbocycles. The van der Waals surface area contributed by atoms with E-state index in [0.717, 1.165) is 59.6 Å². The summed E-state index contributed by atoms with van der Waals surface area (Å²) in [6.45, 7) is 4.90. The van der Waals surface area contributed by atoms with E-state index in [-0.39, 0.29) is 0 Å². The molecule has 0 spiro atoms. The molecule has 4 rings (SSSR count). The molecule has 0 amide bonds. The standard InChI is InChI=1S/C19H22N4O2S/c1-24-15-5-6-16(25-2)18-17(15)21-19(26-18)23-10-8-22(9-11-23)13-14-4-3-7-20-12-14/h3-7,12H,8-11,13H2,1-2H3. The number of hydrogen-bond acceptors (Lipinski definition) is 7. The maximum atomic E-state index is 5.49. The van der Waals surface area contributed by atoms with E-state index < -0.39 is 0 Å². The summed E-state index contributed by atoms with van der Waals surface area (Å²) in [4.78, 5) is 13.8. The number of methoxy groups -OCH3 is 2. The zero-order valence-corrected chi connectivity index (χ0v) is 15.8. The minimum Gasteiger partial charge on any atom is -0.495 e. The van der Waals surface area contributed by atoms with Gasteiger partial charge in [-0.15, -0.1) is 0 Å². The van der Waals surface area contributed by atoms with Crippen LogP contribution >= 0.6 is 11.3 Å². The highest BCUT2D eigenvalue weighted by Gasteiger charge is 2.22. The van der Waals surface area contributed by atoms with Gasteiger partial charge in [0.05, 0.1) is 14.2 Å². The van der Waals surface area contributed by atoms with E-state index in [2.05, 4.69) is 20.9 Å². The Morgan fingerprint density at radius 2 is 1.81 bits per heavy atom. The van der Waals surface area contributed by atoms with E-state index in [1.165, 1.54) is 5.56 Å². The zero-order chi connectivity index (χ0) is 17.9. The van der Waals surface area contributed by atoms with E-state index >= 15 is 0 Å². The fourth-order valence-electron chi connectivity index (χ4n) is 3.26. The molecule has 0 atom stereocenters. The van der Waals surface area contributed by atoms with Gasteiger partial charge >= 0.3 is 0 Å². The Hall–Kier alpha value is -2.38. The van der Waals surface area contributed by atoms with Gasteiger partial charge in [0.15, 0.2) is 5.13 Å². The first-order valence-electron chi connectivity index (χ1n) is 8.66. The fourth-order valence-corrected chi connectivity index (χ4v) is 4.38. The quantitative estimate of drug-likeness (QED) is 0.688. The van der Waals surface area contributed by atoms with Crippen molar-refractivity contribution in [3.63, 3.8) is 0 Å². The van der Waals surface area contributed by atoms with Crippen molar-refractivity contribution in [1.29, 1.82) is 0 Å². The largest absolute Gasteiger partial charge is 0.495 e. The maximum Gasteiger partial charge on any atom is 0.186 e. The summed E-state index contributed by atoms with van der Waals surface area (Å²) in [5.41, 5.74) is 2.14. The lowest BCUT2D eigenvalue weighted by Gasteiger charge is -2.34. The molecule has 1 aliphatic heterocycles. The lowest BCUT2D eigenvalue weighted by molar-refractivity contribution is 0.249. The highest BCUT2D eigenvalue weighted by Crippen LogP contribution is 2.40. The lowest BCUT2D eigenvalue weighted by Crippen LogP contribution is -2.45. The molecule has 3 aromatic rings. The molecular weight excluding hydrogens is 348 g/mol. The first-order valence-corrected chi connectivity index (χ1v) is 9.48. The Kier molecular flexibility index (Phi) is 4.90. The third kappa shape index (κ3) is 3.32. The fraction of sp³-hybridized carbons (Fsp3) is 0.368. The highest BCUT2D eigenvalue weighted by atomic mass is 32.1. The number of benzene rings is 1. The van der Waals surface area contributed by atoms with Crippen molar-refractivity contribution in [2.75, 3.05) is 45.3 Å². The molecule has 2 aromatic heterocycles. The van der Waals surface area contributed by atoms with Gasteiger partial charge in [-0.2, -0.15) is 0 Å². The molecule has 0 N–H and O–H groups in total. The first-order chi connectivity index (χ1) is 12.8. The summed E-state index contributed by atoms with van der Waals surface area (Å²) < 4.78 is 12.0. The van der Waals surface area contributed by atoms with Crippen LogP contribution in [0.25, 0.3) is 10.2 Å². The van der Waals surface area contributed by atoms with Crippen molar-refractivity contribution >= 4 is 26.7 Å². The van der Waals surface area contributed by atoms with Crippen LogP contribution in [0.15, 0.2) is 36.7 Å². The Morgan fingerprint density at radius 3 is 2.50 bits per heavy atom. The van der Waals surface area contributed by atoms with Crippen molar-refractivity contribution in [3.8, 4) is 11.5 Å². The average Bonchev–Trinajstić information content (AvgIpc) is 3.14. The Bertz CT molecular complexity index is 835. The number of piperazine rings is 1. The monoisotopic (exact) mass is 370 g/mol. The molecule has 0 bridgehead atoms. The van der Waals surface area contributed by atoms with Gasteiger partial charge in [0.1, 0.15) is 21.7 Å². The number of fused-ring (bicyclic) bond motifs is 1. The van der Waals surface area contributed by atoms with Crippen molar-refractivity contribution in [3.05, 3.63) is 42.2 Å². The predicted octanol–water partition coefficient (Wildman–Crippen LogP) is 3.03. The van der Waals surface area contributed by atoms with E-state index in [1.807, 2.05) is 30.6 Å². The third-order valence-corrected chi connectivity index (χ3v) is 5.80. The summed E-state index contributed by atoms with van der Waals surface area (Å²) in [5.74, 6) is 1.64. The van der Waals surface area contributed by atoms with Crippen molar-refractivity contribution < 1.29 is 9.47 Å². The van der Waals surface area contributed by atoms with E-state index in [0.29, 0.717) is 0 Å². The molecule has 0 saturated carbocycles. The van der Waals surface area contributed by atoms with Gasteiger partial charge in [-0.05, 0) is 23.8 Å². The second-order valence-electron chi connectivity index (χ2n) is 6.27. The van der Waals surface area contributed by atoms with Crippen LogP contribution < -0.4 is 14.4 Å². The molecule has 0 unspecified atom stereocenters. The molecule has 1 aliphatic rings. The van der Waals surface area contributed by atoms with E-state index in [9.17, 15) is 0 Å². The van der Waals surface area contributed by atoms with Crippen molar-refractivity contribution in [2.24, 2.45) is 0 Å². The number of pyridine rings is 1. The minimum atomic E-state index is 0.790. The van der Waals surface area contributed by atoms with Gasteiger partial charge in [0.2, 0.25) is 0 Å². The van der Waals surface area contributed by atoms with Crippen molar-refractivity contribution in [2.45, 2.75) is 6.54 Å². The van der Waals surface area contributed by atoms with Crippen LogP contribution in [-0.2, 0) is 6.54 Å². The molecule has 1 fully saturated rings. The summed E-state index contributed by atoms with van der Waals surface area (Å²) >= 11 is 1.67. The Labute approximate surface area is 157 Å². The molecule has 7 heteroatoms. The van der Waals surface area contributed by atoms with E-state index in [1.54, 1.807) is 25.6 Å². The summed E-state index contributed by atoms with van der Waals surface area (Å²) in [6.07, 6.45) is 3.76. The van der Waals surface area contributed by atoms with Gasteiger partial charge in [-0.1, -0.05) is 17.4 Å². The van der Waals surface area contributed by atoms with Gasteiger partial charge in [-0.3, -0.25) is 9.88 Å². The minimum absolute atomic E-state index is 0.790. The molecule has 3 heterocycles. The Balaban J connectivity index is 1.49. The van der Waals surface area contributed by atoms with Crippen LogP contribution in [0.5, 0.6) is 11.5 Å². The highest BCUT2D eigenvalue weighted by molar-refractivity contribution is 7.22. The van der Waals surface area contributed by atoms with Crippen LogP contribution in [0.3, 0.4) is 0 Å². The summed E-state index contributed by atoms with van der Waals surface area (Å²) in [5, 5.41) is 1.03. The zero-order valence-electron chi connectivity index (χ0n) is 15.0. The second-order valence-corrected chi connectivity index (χ2v) is 7.25. The summed E-state index contributed by atoms with van der Waals surface area (Å²) in [7, 11) is 3.37. The van der Waals surface area contributed by atoms with Gasteiger partial charge in [0.25, 0.3) is 0 Å². The average molecular weight is 370 g/mol. The molecule has 6 nitrogen and oxygen atoms in total. The SMILES string of the molecule is COc1ccc(OC)c2sc(N3CCN(Cc4cccnc4)CC3)nc12. The van der Waals surface area contributed by atoms with Crippen LogP contribution in [-0.4, -0.2) is 55.3 Å². The molecule has 1 saturated heterocycles. The number of aromatic nitrogens is 2. The van der Waals surface area contributed by atoms with Crippen LogP contribution in [0, 0.1) is 0 Å². The van der Waals surface area contributed by atoms with Crippen LogP contribution in [0.2, 0.25) is 0 Å². The van der Waals surface area contributed by atoms with Crippen LogP contribution in [0.4, 0.5) is 5.13 Å². The number of hydrogen-bond donors (Lipinski definition) is 0. The summed E-state index contributed by atoms with van der Waals surface area (Å²) in [6, 6.07) is 7.98. The lowest BCUT2D eigenvalue weighted by atomic mass is 10.2. The second kappa shape index (κ2) is 7.47. The number of thiazole rings is 1. The van der Waals surface area contributed by atoms with Gasteiger partial charge < -0.3 is 14.4 Å². The molecular formula is C19H22N4O2S. The van der Waals surface area contributed by atoms with E-state index in [4.69, 9.17) is 14.5 Å². The molecule has 0 radical (unpaired) electrons. The molecule has 26 heavy (non-hydrogen) atoms. The topological polar surface area (TPSA) is 50.7 Å². The van der Waals surface area contributed by atoms with Crippen molar-refractivity contribution in [1.82, 2.24) is 14.9 Å². The number of rotatable bonds is 5. The molecule has 136 valence electrons. The number of anilines is 1. The third-order valence-electron chi connectivity index (χ3n) is 4.67. The molecule has 1 aromatic carbocycles. The number of ether oxygens (including phenoxy) is 2. The van der Waals surface area contributed by atoms with Gasteiger partial charge in [0, 0.05) is 45.1 Å². The van der Waals surface area contributed by atoms with Gasteiger partial charge in [-0.25, -0.2) is 4.98 Å². The smallest absolute Gasteiger partial charge is 0.186 e. The normalized spacial score (nSPS) is 15.4. The number of nitrogens with zero attached hydrogens (tertiary/aromatic N) is 4. The maximum absolute atomic E-state index is 5.49. The first kappa shape index (κ1) is 17.1. The Morgan fingerprint density at radius 1 is 1.04 bits per heavy atom. The van der Waals surface area contributed by atoms with Crippen LogP contribution in [0.1, 0.15) is 5.56 Å².